The molecular formula is C21H27N3O2. The van der Waals surface area contributed by atoms with Crippen molar-refractivity contribution in [1.82, 2.24) is 14.9 Å². The molecule has 0 aliphatic carbocycles. The number of nitrogens with zero attached hydrogens (tertiary/aromatic N) is 3. The van der Waals surface area contributed by atoms with Gasteiger partial charge < -0.3 is 9.47 Å². The van der Waals surface area contributed by atoms with Crippen molar-refractivity contribution < 1.29 is 9.47 Å². The third-order valence-electron chi connectivity index (χ3n) is 5.59. The molecule has 0 bridgehead atoms. The fraction of sp³-hybridized carbons (Fsp3) is 0.524. The van der Waals surface area contributed by atoms with Gasteiger partial charge >= 0.3 is 0 Å². The number of piperidine rings is 1. The Balaban J connectivity index is 1.20. The Hall–Kier alpha value is -1.82. The maximum atomic E-state index is 6.06. The van der Waals surface area contributed by atoms with Gasteiger partial charge in [-0.1, -0.05) is 12.1 Å². The van der Waals surface area contributed by atoms with Gasteiger partial charge in [-0.15, -0.1) is 0 Å². The molecule has 4 rings (SSSR count). The van der Waals surface area contributed by atoms with Crippen LogP contribution in [0, 0.1) is 5.41 Å². The lowest BCUT2D eigenvalue weighted by Gasteiger charge is -2.38. The molecule has 5 heteroatoms. The fourth-order valence-corrected chi connectivity index (χ4v) is 4.04. The Morgan fingerprint density at radius 3 is 2.46 bits per heavy atom. The first-order chi connectivity index (χ1) is 12.8. The number of hydrogen-bond donors (Lipinski definition) is 0. The minimum absolute atomic E-state index is 0.223. The van der Waals surface area contributed by atoms with Crippen molar-refractivity contribution in [3.63, 3.8) is 0 Å². The molecule has 1 atom stereocenters. The van der Waals surface area contributed by atoms with Gasteiger partial charge in [0.25, 0.3) is 0 Å². The molecule has 0 radical (unpaired) electrons. The summed E-state index contributed by atoms with van der Waals surface area (Å²) in [4.78, 5) is 11.2. The van der Waals surface area contributed by atoms with Crippen LogP contribution in [0.5, 0.6) is 0 Å². The third kappa shape index (κ3) is 4.47. The van der Waals surface area contributed by atoms with Crippen molar-refractivity contribution in [2.24, 2.45) is 5.41 Å². The van der Waals surface area contributed by atoms with Crippen LogP contribution in [-0.2, 0) is 22.6 Å². The first-order valence-electron chi connectivity index (χ1n) is 9.53. The topological polar surface area (TPSA) is 47.5 Å². The second kappa shape index (κ2) is 8.25. The van der Waals surface area contributed by atoms with Crippen LogP contribution in [0.3, 0.4) is 0 Å². The molecule has 2 aliphatic heterocycles. The summed E-state index contributed by atoms with van der Waals surface area (Å²) in [7, 11) is 0. The van der Waals surface area contributed by atoms with E-state index in [-0.39, 0.29) is 6.10 Å². The van der Waals surface area contributed by atoms with Crippen molar-refractivity contribution in [3.05, 3.63) is 60.2 Å². The van der Waals surface area contributed by atoms with Gasteiger partial charge in [0.1, 0.15) is 0 Å². The summed E-state index contributed by atoms with van der Waals surface area (Å²) < 4.78 is 11.9. The molecule has 2 aromatic heterocycles. The molecule has 2 saturated heterocycles. The quantitative estimate of drug-likeness (QED) is 0.799. The third-order valence-corrected chi connectivity index (χ3v) is 5.59. The van der Waals surface area contributed by atoms with Gasteiger partial charge in [-0.3, -0.25) is 14.9 Å². The summed E-state index contributed by atoms with van der Waals surface area (Å²) in [5, 5.41) is 0. The van der Waals surface area contributed by atoms with E-state index in [0.29, 0.717) is 18.6 Å². The lowest BCUT2D eigenvalue weighted by molar-refractivity contribution is 0.00552. The maximum absolute atomic E-state index is 6.06. The molecule has 0 N–H and O–H groups in total. The largest absolute Gasteiger partial charge is 0.375 e. The molecule has 138 valence electrons. The van der Waals surface area contributed by atoms with Crippen molar-refractivity contribution in [2.75, 3.05) is 26.3 Å². The second-order valence-electron chi connectivity index (χ2n) is 7.57. The zero-order chi connectivity index (χ0) is 17.7. The summed E-state index contributed by atoms with van der Waals surface area (Å²) in [6.45, 7) is 5.31. The number of likely N-dealkylation sites (tertiary alicyclic amines) is 1. The summed E-state index contributed by atoms with van der Waals surface area (Å²) in [5.74, 6) is 0. The van der Waals surface area contributed by atoms with E-state index in [9.17, 15) is 0 Å². The van der Waals surface area contributed by atoms with E-state index < -0.39 is 0 Å². The van der Waals surface area contributed by atoms with Gasteiger partial charge in [-0.05, 0) is 62.0 Å². The fourth-order valence-electron chi connectivity index (χ4n) is 4.04. The van der Waals surface area contributed by atoms with Crippen molar-refractivity contribution >= 4 is 0 Å². The summed E-state index contributed by atoms with van der Waals surface area (Å²) in [6, 6.07) is 12.1. The first kappa shape index (κ1) is 17.6. The lowest BCUT2D eigenvalue weighted by Crippen LogP contribution is -2.40. The van der Waals surface area contributed by atoms with Crippen LogP contribution in [0.4, 0.5) is 0 Å². The number of rotatable bonds is 6. The smallest absolute Gasteiger partial charge is 0.0889 e. The average Bonchev–Trinajstić information content (AvgIpc) is 3.08. The van der Waals surface area contributed by atoms with E-state index in [1.807, 2.05) is 30.5 Å². The molecule has 0 amide bonds. The van der Waals surface area contributed by atoms with Gasteiger partial charge in [0.05, 0.1) is 37.3 Å². The lowest BCUT2D eigenvalue weighted by atomic mass is 9.76. The van der Waals surface area contributed by atoms with Gasteiger partial charge in [-0.2, -0.15) is 0 Å². The molecule has 26 heavy (non-hydrogen) atoms. The van der Waals surface area contributed by atoms with Gasteiger partial charge in [-0.25, -0.2) is 0 Å². The minimum Gasteiger partial charge on any atom is -0.375 e. The van der Waals surface area contributed by atoms with Crippen LogP contribution in [0.1, 0.15) is 30.7 Å². The van der Waals surface area contributed by atoms with E-state index in [1.165, 1.54) is 12.8 Å². The maximum Gasteiger partial charge on any atom is 0.0889 e. The van der Waals surface area contributed by atoms with E-state index in [0.717, 1.165) is 44.0 Å². The van der Waals surface area contributed by atoms with E-state index in [1.54, 1.807) is 6.20 Å². The summed E-state index contributed by atoms with van der Waals surface area (Å²) in [5.41, 5.74) is 2.48. The highest BCUT2D eigenvalue weighted by molar-refractivity contribution is 5.04. The monoisotopic (exact) mass is 353 g/mol. The van der Waals surface area contributed by atoms with Crippen LogP contribution in [-0.4, -0.2) is 47.3 Å². The minimum atomic E-state index is 0.223. The normalized spacial score (nSPS) is 22.7. The number of pyridine rings is 2. The molecular weight excluding hydrogens is 326 g/mol. The van der Waals surface area contributed by atoms with Crippen LogP contribution in [0.15, 0.2) is 48.8 Å². The summed E-state index contributed by atoms with van der Waals surface area (Å²) in [6.07, 6.45) is 7.43. The Morgan fingerprint density at radius 1 is 1.04 bits per heavy atom. The molecule has 5 nitrogen and oxygen atoms in total. The van der Waals surface area contributed by atoms with E-state index in [2.05, 4.69) is 27.0 Å². The second-order valence-corrected chi connectivity index (χ2v) is 7.57. The van der Waals surface area contributed by atoms with Crippen LogP contribution in [0.2, 0.25) is 0 Å². The first-order valence-corrected chi connectivity index (χ1v) is 9.53. The Morgan fingerprint density at radius 2 is 1.77 bits per heavy atom. The van der Waals surface area contributed by atoms with Crippen LogP contribution < -0.4 is 0 Å². The van der Waals surface area contributed by atoms with Crippen LogP contribution in [0.25, 0.3) is 0 Å². The number of ether oxygens (including phenoxy) is 2. The Bertz CT molecular complexity index is 672. The molecule has 0 aromatic carbocycles. The van der Waals surface area contributed by atoms with Crippen LogP contribution >= 0.6 is 0 Å². The standard InChI is InChI=1S/C21H27N3O2/c1-3-9-22-18(5-1)14-24-11-7-21(8-12-24)13-20(26-17-21)16-25-15-19-6-2-4-10-23-19/h1-6,9-10,20H,7-8,11-17H2/t20-/m1/s1. The van der Waals surface area contributed by atoms with Gasteiger partial charge in [0, 0.05) is 18.9 Å². The highest BCUT2D eigenvalue weighted by Crippen LogP contribution is 2.42. The van der Waals surface area contributed by atoms with E-state index in [4.69, 9.17) is 9.47 Å². The Labute approximate surface area is 155 Å². The highest BCUT2D eigenvalue weighted by atomic mass is 16.5. The summed E-state index contributed by atoms with van der Waals surface area (Å²) >= 11 is 0. The van der Waals surface area contributed by atoms with E-state index >= 15 is 0 Å². The predicted molar refractivity (Wildman–Crippen MR) is 99.4 cm³/mol. The van der Waals surface area contributed by atoms with Crippen molar-refractivity contribution in [1.29, 1.82) is 0 Å². The zero-order valence-corrected chi connectivity index (χ0v) is 15.2. The molecule has 0 unspecified atom stereocenters. The SMILES string of the molecule is c1ccc(COC[C@H]2CC3(CCN(Cc4ccccn4)CC3)CO2)nc1. The molecule has 4 heterocycles. The molecule has 2 aromatic rings. The van der Waals surface area contributed by atoms with Gasteiger partial charge in [0.2, 0.25) is 0 Å². The molecule has 2 fully saturated rings. The Kier molecular flexibility index (Phi) is 5.58. The molecule has 0 saturated carbocycles. The van der Waals surface area contributed by atoms with Gasteiger partial charge in [0.15, 0.2) is 0 Å². The number of aromatic nitrogens is 2. The molecule has 1 spiro atoms. The predicted octanol–water partition coefficient (Wildman–Crippen LogP) is 3.06. The zero-order valence-electron chi connectivity index (χ0n) is 15.2. The van der Waals surface area contributed by atoms with Crippen molar-refractivity contribution in [2.45, 2.75) is 38.5 Å². The number of hydrogen-bond acceptors (Lipinski definition) is 5. The molecule has 2 aliphatic rings. The average molecular weight is 353 g/mol. The van der Waals surface area contributed by atoms with Crippen molar-refractivity contribution in [3.8, 4) is 0 Å². The highest BCUT2D eigenvalue weighted by Gasteiger charge is 2.42.